The Hall–Kier alpha value is -1.48. The van der Waals surface area contributed by atoms with Crippen LogP contribution in [0.15, 0.2) is 27.0 Å². The van der Waals surface area contributed by atoms with Crippen LogP contribution in [0.25, 0.3) is 0 Å². The Morgan fingerprint density at radius 3 is 2.70 bits per heavy atom. The summed E-state index contributed by atoms with van der Waals surface area (Å²) < 4.78 is 11.5. The van der Waals surface area contributed by atoms with E-state index in [1.165, 1.54) is 5.56 Å². The van der Waals surface area contributed by atoms with Gasteiger partial charge in [-0.15, -0.1) is 0 Å². The van der Waals surface area contributed by atoms with Crippen LogP contribution in [-0.2, 0) is 13.0 Å². The average molecular weight is 273 g/mol. The Labute approximate surface area is 120 Å². The van der Waals surface area contributed by atoms with E-state index in [-0.39, 0.29) is 5.41 Å². The van der Waals surface area contributed by atoms with E-state index in [9.17, 15) is 0 Å². The van der Waals surface area contributed by atoms with Crippen LogP contribution in [-0.4, -0.2) is 0 Å². The van der Waals surface area contributed by atoms with Gasteiger partial charge in [0.25, 0.3) is 0 Å². The summed E-state index contributed by atoms with van der Waals surface area (Å²) in [5.74, 6) is 4.11. The lowest BCUT2D eigenvalue weighted by Crippen LogP contribution is -2.32. The van der Waals surface area contributed by atoms with Crippen LogP contribution >= 0.6 is 0 Å². The van der Waals surface area contributed by atoms with Crippen molar-refractivity contribution in [3.05, 3.63) is 46.8 Å². The second kappa shape index (κ2) is 4.81. The molecule has 0 radical (unpaired) electrons. The first-order valence-electron chi connectivity index (χ1n) is 7.31. The molecule has 3 rings (SSSR count). The molecule has 0 saturated heterocycles. The van der Waals surface area contributed by atoms with Gasteiger partial charge in [-0.25, -0.2) is 0 Å². The summed E-state index contributed by atoms with van der Waals surface area (Å²) in [4.78, 5) is 0. The van der Waals surface area contributed by atoms with Gasteiger partial charge in [0.2, 0.25) is 0 Å². The summed E-state index contributed by atoms with van der Waals surface area (Å²) in [5, 5.41) is 3.62. The minimum Gasteiger partial charge on any atom is -0.466 e. The zero-order valence-electron chi connectivity index (χ0n) is 12.7. The third-order valence-electron chi connectivity index (χ3n) is 4.05. The highest BCUT2D eigenvalue weighted by Crippen LogP contribution is 2.42. The van der Waals surface area contributed by atoms with Crippen molar-refractivity contribution in [3.8, 4) is 0 Å². The molecule has 0 saturated carbocycles. The van der Waals surface area contributed by atoms with E-state index in [1.807, 2.05) is 26.0 Å². The average Bonchev–Trinajstić information content (AvgIpc) is 2.90. The fraction of sp³-hybridized carbons (Fsp3) is 0.529. The van der Waals surface area contributed by atoms with Crippen LogP contribution in [0.5, 0.6) is 0 Å². The molecule has 2 aromatic rings. The molecule has 20 heavy (non-hydrogen) atoms. The Kier molecular flexibility index (Phi) is 3.25. The predicted molar refractivity (Wildman–Crippen MR) is 78.6 cm³/mol. The molecule has 0 amide bonds. The summed E-state index contributed by atoms with van der Waals surface area (Å²) in [5.41, 5.74) is 1.60. The van der Waals surface area contributed by atoms with E-state index in [1.54, 1.807) is 0 Å². The monoisotopic (exact) mass is 273 g/mol. The van der Waals surface area contributed by atoms with E-state index in [2.05, 4.69) is 25.2 Å². The van der Waals surface area contributed by atoms with Gasteiger partial charge in [0, 0.05) is 18.0 Å². The maximum Gasteiger partial charge on any atom is 0.117 e. The third-order valence-corrected chi connectivity index (χ3v) is 4.05. The Balaban J connectivity index is 1.78. The van der Waals surface area contributed by atoms with Crippen LogP contribution in [0.4, 0.5) is 0 Å². The first-order valence-corrected chi connectivity index (χ1v) is 7.31. The standard InChI is InChI=1S/C17H23NO2/c1-11-5-6-13(19-11)10-18-15-8-17(3,4)9-16-14(15)7-12(2)20-16/h5-7,15,18H,8-10H2,1-4H3. The number of rotatable bonds is 3. The van der Waals surface area contributed by atoms with Gasteiger partial charge in [-0.3, -0.25) is 0 Å². The van der Waals surface area contributed by atoms with Crippen LogP contribution in [0, 0.1) is 19.3 Å². The number of nitrogens with one attached hydrogen (secondary N) is 1. The van der Waals surface area contributed by atoms with Crippen LogP contribution in [0.3, 0.4) is 0 Å². The molecule has 0 aromatic carbocycles. The van der Waals surface area contributed by atoms with Crippen molar-refractivity contribution in [2.45, 2.75) is 53.1 Å². The molecule has 3 heteroatoms. The Morgan fingerprint density at radius 1 is 1.20 bits per heavy atom. The summed E-state index contributed by atoms with van der Waals surface area (Å²) in [6.45, 7) is 9.38. The largest absolute Gasteiger partial charge is 0.466 e. The molecular weight excluding hydrogens is 250 g/mol. The van der Waals surface area contributed by atoms with Crippen molar-refractivity contribution in [2.24, 2.45) is 5.41 Å². The van der Waals surface area contributed by atoms with Crippen molar-refractivity contribution >= 4 is 0 Å². The molecule has 3 nitrogen and oxygen atoms in total. The van der Waals surface area contributed by atoms with Gasteiger partial charge < -0.3 is 14.2 Å². The normalized spacial score (nSPS) is 20.9. The van der Waals surface area contributed by atoms with E-state index in [0.717, 1.165) is 42.4 Å². The van der Waals surface area contributed by atoms with Crippen molar-refractivity contribution in [3.63, 3.8) is 0 Å². The molecule has 1 aliphatic rings. The highest BCUT2D eigenvalue weighted by Gasteiger charge is 2.34. The predicted octanol–water partition coefficient (Wildman–Crippen LogP) is 4.29. The first-order chi connectivity index (χ1) is 9.43. The summed E-state index contributed by atoms with van der Waals surface area (Å²) in [6.07, 6.45) is 2.15. The quantitative estimate of drug-likeness (QED) is 0.906. The first kappa shape index (κ1) is 13.5. The fourth-order valence-corrected chi connectivity index (χ4v) is 3.17. The van der Waals surface area contributed by atoms with E-state index >= 15 is 0 Å². The lowest BCUT2D eigenvalue weighted by Gasteiger charge is -2.34. The zero-order valence-corrected chi connectivity index (χ0v) is 12.7. The molecule has 1 N–H and O–H groups in total. The maximum atomic E-state index is 5.86. The molecule has 0 spiro atoms. The summed E-state index contributed by atoms with van der Waals surface area (Å²) in [6, 6.07) is 6.57. The smallest absolute Gasteiger partial charge is 0.117 e. The van der Waals surface area contributed by atoms with Crippen molar-refractivity contribution in [2.75, 3.05) is 0 Å². The van der Waals surface area contributed by atoms with Gasteiger partial charge >= 0.3 is 0 Å². The molecule has 1 atom stereocenters. The van der Waals surface area contributed by atoms with E-state index in [4.69, 9.17) is 8.83 Å². The number of hydrogen-bond acceptors (Lipinski definition) is 3. The minimum atomic E-state index is 0.272. The summed E-state index contributed by atoms with van der Waals surface area (Å²) >= 11 is 0. The molecular formula is C17H23NO2. The topological polar surface area (TPSA) is 38.3 Å². The van der Waals surface area contributed by atoms with Gasteiger partial charge in [0.1, 0.15) is 23.0 Å². The molecule has 0 bridgehead atoms. The molecule has 108 valence electrons. The van der Waals surface area contributed by atoms with Gasteiger partial charge in [-0.05, 0) is 43.9 Å². The molecule has 2 aromatic heterocycles. The minimum absolute atomic E-state index is 0.272. The maximum absolute atomic E-state index is 5.86. The lowest BCUT2D eigenvalue weighted by atomic mass is 9.74. The molecule has 1 aliphatic carbocycles. The number of aryl methyl sites for hydroxylation is 2. The van der Waals surface area contributed by atoms with Crippen LogP contribution < -0.4 is 5.32 Å². The summed E-state index contributed by atoms with van der Waals surface area (Å²) in [7, 11) is 0. The fourth-order valence-electron chi connectivity index (χ4n) is 3.17. The number of hydrogen-bond donors (Lipinski definition) is 1. The Morgan fingerprint density at radius 2 is 2.00 bits per heavy atom. The molecule has 2 heterocycles. The van der Waals surface area contributed by atoms with Crippen molar-refractivity contribution < 1.29 is 8.83 Å². The van der Waals surface area contributed by atoms with Gasteiger partial charge in [-0.1, -0.05) is 13.8 Å². The molecule has 0 fully saturated rings. The van der Waals surface area contributed by atoms with Crippen LogP contribution in [0.1, 0.15) is 54.9 Å². The van der Waals surface area contributed by atoms with Gasteiger partial charge in [0.05, 0.1) is 6.54 Å². The second-order valence-electron chi connectivity index (χ2n) is 6.73. The van der Waals surface area contributed by atoms with Gasteiger partial charge in [0.15, 0.2) is 0 Å². The van der Waals surface area contributed by atoms with E-state index in [0.29, 0.717) is 6.04 Å². The second-order valence-corrected chi connectivity index (χ2v) is 6.73. The number of fused-ring (bicyclic) bond motifs is 1. The SMILES string of the molecule is Cc1ccc(CNC2CC(C)(C)Cc3oc(C)cc32)o1. The highest BCUT2D eigenvalue weighted by atomic mass is 16.3. The molecule has 0 aliphatic heterocycles. The number of furan rings is 2. The third kappa shape index (κ3) is 2.68. The van der Waals surface area contributed by atoms with Gasteiger partial charge in [-0.2, -0.15) is 0 Å². The Bertz CT molecular complexity index is 606. The van der Waals surface area contributed by atoms with Crippen molar-refractivity contribution in [1.29, 1.82) is 0 Å². The zero-order chi connectivity index (χ0) is 14.3. The molecule has 1 unspecified atom stereocenters. The van der Waals surface area contributed by atoms with E-state index < -0.39 is 0 Å². The van der Waals surface area contributed by atoms with Crippen molar-refractivity contribution in [1.82, 2.24) is 5.32 Å². The van der Waals surface area contributed by atoms with Crippen LogP contribution in [0.2, 0.25) is 0 Å². The lowest BCUT2D eigenvalue weighted by molar-refractivity contribution is 0.231. The highest BCUT2D eigenvalue weighted by molar-refractivity contribution is 5.29.